The van der Waals surface area contributed by atoms with E-state index in [4.69, 9.17) is 0 Å². The van der Waals surface area contributed by atoms with E-state index in [1.807, 2.05) is 37.3 Å². The number of amides is 2. The van der Waals surface area contributed by atoms with Crippen molar-refractivity contribution in [2.75, 3.05) is 5.32 Å². The number of carbonyl (C=O) groups is 2. The molecule has 0 fully saturated rings. The van der Waals surface area contributed by atoms with Crippen LogP contribution in [0.2, 0.25) is 0 Å². The van der Waals surface area contributed by atoms with Crippen molar-refractivity contribution >= 4 is 17.5 Å². The maximum Gasteiger partial charge on any atom is 0.255 e. The third-order valence-electron chi connectivity index (χ3n) is 4.14. The molecule has 1 unspecified atom stereocenters. The molecule has 0 radical (unpaired) electrons. The molecule has 0 spiro atoms. The van der Waals surface area contributed by atoms with Crippen molar-refractivity contribution in [1.82, 2.24) is 5.32 Å². The summed E-state index contributed by atoms with van der Waals surface area (Å²) in [6.07, 6.45) is 0. The van der Waals surface area contributed by atoms with Crippen molar-refractivity contribution in [2.45, 2.75) is 13.0 Å². The molecule has 136 valence electrons. The molecule has 0 saturated carbocycles. The van der Waals surface area contributed by atoms with Crippen LogP contribution in [0.3, 0.4) is 0 Å². The summed E-state index contributed by atoms with van der Waals surface area (Å²) in [6.45, 7) is 1.90. The van der Waals surface area contributed by atoms with E-state index in [9.17, 15) is 14.0 Å². The average Bonchev–Trinajstić information content (AvgIpc) is 2.70. The van der Waals surface area contributed by atoms with Gasteiger partial charge in [0.1, 0.15) is 5.82 Å². The molecule has 2 N–H and O–H groups in total. The van der Waals surface area contributed by atoms with Crippen molar-refractivity contribution in [3.8, 4) is 0 Å². The third-order valence-corrected chi connectivity index (χ3v) is 4.14. The molecular weight excluding hydrogens is 343 g/mol. The highest BCUT2D eigenvalue weighted by atomic mass is 19.1. The summed E-state index contributed by atoms with van der Waals surface area (Å²) in [5.41, 5.74) is 2.22. The van der Waals surface area contributed by atoms with Crippen molar-refractivity contribution in [3.63, 3.8) is 0 Å². The maximum atomic E-state index is 13.0. The highest BCUT2D eigenvalue weighted by molar-refractivity contribution is 6.06. The van der Waals surface area contributed by atoms with E-state index in [-0.39, 0.29) is 23.7 Å². The fourth-order valence-electron chi connectivity index (χ4n) is 2.64. The average molecular weight is 362 g/mol. The van der Waals surface area contributed by atoms with Gasteiger partial charge in [0.2, 0.25) is 0 Å². The van der Waals surface area contributed by atoms with E-state index >= 15 is 0 Å². The van der Waals surface area contributed by atoms with Crippen LogP contribution in [0.4, 0.5) is 10.1 Å². The first-order valence-electron chi connectivity index (χ1n) is 8.56. The molecule has 4 nitrogen and oxygen atoms in total. The number of halogens is 1. The van der Waals surface area contributed by atoms with Crippen molar-refractivity contribution < 1.29 is 14.0 Å². The van der Waals surface area contributed by atoms with Gasteiger partial charge in [-0.3, -0.25) is 9.59 Å². The van der Waals surface area contributed by atoms with E-state index in [0.717, 1.165) is 5.56 Å². The summed E-state index contributed by atoms with van der Waals surface area (Å²) >= 11 is 0. The lowest BCUT2D eigenvalue weighted by Gasteiger charge is -2.14. The molecule has 0 aliphatic rings. The SMILES string of the molecule is CC(NC(=O)c1cccc(C(=O)Nc2ccc(F)cc2)c1)c1ccccc1. The van der Waals surface area contributed by atoms with Crippen molar-refractivity contribution in [3.05, 3.63) is 101 Å². The van der Waals surface area contributed by atoms with Crippen LogP contribution in [0.15, 0.2) is 78.9 Å². The molecule has 2 amide bonds. The van der Waals surface area contributed by atoms with Crippen LogP contribution in [0.5, 0.6) is 0 Å². The molecule has 0 bridgehead atoms. The fourth-order valence-corrected chi connectivity index (χ4v) is 2.64. The van der Waals surface area contributed by atoms with Gasteiger partial charge >= 0.3 is 0 Å². The summed E-state index contributed by atoms with van der Waals surface area (Å²) < 4.78 is 13.0. The predicted molar refractivity (Wildman–Crippen MR) is 103 cm³/mol. The number of hydrogen-bond donors (Lipinski definition) is 2. The Balaban J connectivity index is 1.69. The zero-order chi connectivity index (χ0) is 19.2. The molecule has 3 aromatic rings. The van der Waals surface area contributed by atoms with Gasteiger partial charge in [-0.2, -0.15) is 0 Å². The van der Waals surface area contributed by atoms with Gasteiger partial charge in [0.05, 0.1) is 6.04 Å². The number of carbonyl (C=O) groups excluding carboxylic acids is 2. The summed E-state index contributed by atoms with van der Waals surface area (Å²) in [7, 11) is 0. The minimum Gasteiger partial charge on any atom is -0.346 e. The molecule has 3 rings (SSSR count). The Bertz CT molecular complexity index is 940. The summed E-state index contributed by atoms with van der Waals surface area (Å²) in [6, 6.07) is 21.4. The first-order valence-corrected chi connectivity index (χ1v) is 8.56. The van der Waals surface area contributed by atoms with Crippen LogP contribution in [0.1, 0.15) is 39.2 Å². The van der Waals surface area contributed by atoms with Gasteiger partial charge in [-0.1, -0.05) is 36.4 Å². The Kier molecular flexibility index (Phi) is 5.61. The Morgan fingerprint density at radius 2 is 1.44 bits per heavy atom. The monoisotopic (exact) mass is 362 g/mol. The van der Waals surface area contributed by atoms with Crippen molar-refractivity contribution in [2.24, 2.45) is 0 Å². The quantitative estimate of drug-likeness (QED) is 0.698. The van der Waals surface area contributed by atoms with E-state index in [0.29, 0.717) is 16.8 Å². The van der Waals surface area contributed by atoms with E-state index in [1.54, 1.807) is 18.2 Å². The lowest BCUT2D eigenvalue weighted by molar-refractivity contribution is 0.0940. The van der Waals surface area contributed by atoms with Gasteiger partial charge in [-0.15, -0.1) is 0 Å². The van der Waals surface area contributed by atoms with E-state index in [1.165, 1.54) is 30.3 Å². The van der Waals surface area contributed by atoms with Crippen molar-refractivity contribution in [1.29, 1.82) is 0 Å². The predicted octanol–water partition coefficient (Wildman–Crippen LogP) is 4.57. The maximum absolute atomic E-state index is 13.0. The molecule has 5 heteroatoms. The zero-order valence-corrected chi connectivity index (χ0v) is 14.8. The Labute approximate surface area is 157 Å². The minimum absolute atomic E-state index is 0.157. The normalized spacial score (nSPS) is 11.5. The molecule has 0 aliphatic heterocycles. The van der Waals surface area contributed by atoms with Crippen LogP contribution in [-0.2, 0) is 0 Å². The fraction of sp³-hybridized carbons (Fsp3) is 0.0909. The first-order chi connectivity index (χ1) is 13.0. The van der Waals surface area contributed by atoms with Crippen LogP contribution in [-0.4, -0.2) is 11.8 Å². The number of hydrogen-bond acceptors (Lipinski definition) is 2. The van der Waals surface area contributed by atoms with E-state index in [2.05, 4.69) is 10.6 Å². The second kappa shape index (κ2) is 8.27. The van der Waals surface area contributed by atoms with Crippen LogP contribution < -0.4 is 10.6 Å². The van der Waals surface area contributed by atoms with Crippen LogP contribution in [0, 0.1) is 5.82 Å². The number of benzene rings is 3. The molecule has 0 heterocycles. The largest absolute Gasteiger partial charge is 0.346 e. The molecule has 27 heavy (non-hydrogen) atoms. The Morgan fingerprint density at radius 3 is 2.11 bits per heavy atom. The Morgan fingerprint density at radius 1 is 0.815 bits per heavy atom. The van der Waals surface area contributed by atoms with Gasteiger partial charge in [-0.05, 0) is 55.0 Å². The van der Waals surface area contributed by atoms with E-state index < -0.39 is 0 Å². The molecule has 3 aromatic carbocycles. The van der Waals surface area contributed by atoms with Crippen LogP contribution in [0.25, 0.3) is 0 Å². The molecule has 0 aliphatic carbocycles. The highest BCUT2D eigenvalue weighted by Gasteiger charge is 2.14. The molecule has 0 saturated heterocycles. The summed E-state index contributed by atoms with van der Waals surface area (Å²) in [4.78, 5) is 24.9. The first kappa shape index (κ1) is 18.3. The van der Waals surface area contributed by atoms with Gasteiger partial charge in [0, 0.05) is 16.8 Å². The van der Waals surface area contributed by atoms with Gasteiger partial charge in [0.25, 0.3) is 11.8 Å². The summed E-state index contributed by atoms with van der Waals surface area (Å²) in [5, 5.41) is 5.60. The van der Waals surface area contributed by atoms with Crippen LogP contribution >= 0.6 is 0 Å². The van der Waals surface area contributed by atoms with Gasteiger partial charge in [0.15, 0.2) is 0 Å². The molecule has 1 atom stereocenters. The zero-order valence-electron chi connectivity index (χ0n) is 14.8. The van der Waals surface area contributed by atoms with Gasteiger partial charge in [-0.25, -0.2) is 4.39 Å². The molecular formula is C22H19FN2O2. The third kappa shape index (κ3) is 4.79. The number of rotatable bonds is 5. The van der Waals surface area contributed by atoms with Gasteiger partial charge < -0.3 is 10.6 Å². The second-order valence-corrected chi connectivity index (χ2v) is 6.15. The highest BCUT2D eigenvalue weighted by Crippen LogP contribution is 2.14. The molecule has 0 aromatic heterocycles. The number of nitrogens with one attached hydrogen (secondary N) is 2. The minimum atomic E-state index is -0.376. The number of anilines is 1. The lowest BCUT2D eigenvalue weighted by Crippen LogP contribution is -2.27. The Hall–Kier alpha value is -3.47. The summed E-state index contributed by atoms with van der Waals surface area (Å²) in [5.74, 6) is -1.01. The standard InChI is InChI=1S/C22H19FN2O2/c1-15(16-6-3-2-4-7-16)24-21(26)17-8-5-9-18(14-17)22(27)25-20-12-10-19(23)11-13-20/h2-15H,1H3,(H,24,26)(H,25,27). The topological polar surface area (TPSA) is 58.2 Å². The lowest BCUT2D eigenvalue weighted by atomic mass is 10.1. The second-order valence-electron chi connectivity index (χ2n) is 6.15. The smallest absolute Gasteiger partial charge is 0.255 e.